The zero-order valence-corrected chi connectivity index (χ0v) is 14.6. The molecule has 0 aromatic carbocycles. The van der Waals surface area contributed by atoms with Crippen molar-refractivity contribution in [2.75, 3.05) is 13.1 Å². The summed E-state index contributed by atoms with van der Waals surface area (Å²) in [5, 5.41) is 3.64. The smallest absolute Gasteiger partial charge is 0.0108 e. The van der Waals surface area contributed by atoms with Gasteiger partial charge in [0.1, 0.15) is 0 Å². The van der Waals surface area contributed by atoms with Gasteiger partial charge in [-0.2, -0.15) is 0 Å². The molecular formula is C18H36N2. The summed E-state index contributed by atoms with van der Waals surface area (Å²) >= 11 is 0. The second-order valence-corrected chi connectivity index (χ2v) is 8.93. The lowest BCUT2D eigenvalue weighted by atomic mass is 9.63. The number of piperidine rings is 1. The molecule has 2 atom stereocenters. The third-order valence-corrected chi connectivity index (χ3v) is 5.42. The van der Waals surface area contributed by atoms with Crippen LogP contribution in [0.25, 0.3) is 0 Å². The SMILES string of the molecule is CCNC1CCN(C2CC(C)(C)CC(C)(C)C2)C(C)C1. The molecule has 1 aliphatic carbocycles. The predicted octanol–water partition coefficient (Wildman–Crippen LogP) is 4.05. The summed E-state index contributed by atoms with van der Waals surface area (Å²) in [6.07, 6.45) is 6.79. The summed E-state index contributed by atoms with van der Waals surface area (Å²) in [5.41, 5.74) is 1.01. The van der Waals surface area contributed by atoms with Crippen LogP contribution >= 0.6 is 0 Å². The standard InChI is InChI=1S/C18H36N2/c1-7-19-15-8-9-20(14(2)10-15)16-11-17(3,4)13-18(5,6)12-16/h14-16,19H,7-13H2,1-6H3. The predicted molar refractivity (Wildman–Crippen MR) is 88.1 cm³/mol. The Kier molecular flexibility index (Phi) is 4.86. The van der Waals surface area contributed by atoms with Gasteiger partial charge in [-0.05, 0) is 56.4 Å². The monoisotopic (exact) mass is 280 g/mol. The third kappa shape index (κ3) is 3.98. The number of hydrogen-bond donors (Lipinski definition) is 1. The molecule has 0 bridgehead atoms. The van der Waals surface area contributed by atoms with Crippen LogP contribution < -0.4 is 5.32 Å². The zero-order chi connectivity index (χ0) is 15.0. The van der Waals surface area contributed by atoms with Gasteiger partial charge in [-0.15, -0.1) is 0 Å². The lowest BCUT2D eigenvalue weighted by molar-refractivity contribution is -0.00888. The Bertz CT molecular complexity index is 305. The molecule has 1 aliphatic heterocycles. The molecule has 118 valence electrons. The second-order valence-electron chi connectivity index (χ2n) is 8.93. The Morgan fingerprint density at radius 1 is 1.10 bits per heavy atom. The van der Waals surface area contributed by atoms with E-state index < -0.39 is 0 Å². The van der Waals surface area contributed by atoms with Gasteiger partial charge in [0.15, 0.2) is 0 Å². The van der Waals surface area contributed by atoms with Crippen molar-refractivity contribution < 1.29 is 0 Å². The first kappa shape index (κ1) is 16.3. The first-order valence-corrected chi connectivity index (χ1v) is 8.71. The Morgan fingerprint density at radius 2 is 1.70 bits per heavy atom. The van der Waals surface area contributed by atoms with Gasteiger partial charge in [0.2, 0.25) is 0 Å². The molecule has 2 rings (SSSR count). The van der Waals surface area contributed by atoms with Crippen LogP contribution in [0.15, 0.2) is 0 Å². The molecule has 1 N–H and O–H groups in total. The van der Waals surface area contributed by atoms with E-state index in [9.17, 15) is 0 Å². The molecule has 1 heterocycles. The van der Waals surface area contributed by atoms with E-state index in [1.807, 2.05) is 0 Å². The number of rotatable bonds is 3. The van der Waals surface area contributed by atoms with Gasteiger partial charge >= 0.3 is 0 Å². The first-order valence-electron chi connectivity index (χ1n) is 8.71. The maximum absolute atomic E-state index is 3.64. The third-order valence-electron chi connectivity index (χ3n) is 5.42. The lowest BCUT2D eigenvalue weighted by Crippen LogP contribution is -2.54. The summed E-state index contributed by atoms with van der Waals surface area (Å²) in [4.78, 5) is 2.83. The number of nitrogens with one attached hydrogen (secondary N) is 1. The highest BCUT2D eigenvalue weighted by Crippen LogP contribution is 2.47. The van der Waals surface area contributed by atoms with Crippen LogP contribution in [0, 0.1) is 10.8 Å². The van der Waals surface area contributed by atoms with Gasteiger partial charge in [-0.1, -0.05) is 34.6 Å². The number of hydrogen-bond acceptors (Lipinski definition) is 2. The van der Waals surface area contributed by atoms with Gasteiger partial charge in [0.05, 0.1) is 0 Å². The average Bonchev–Trinajstić information content (AvgIpc) is 2.25. The summed E-state index contributed by atoms with van der Waals surface area (Å²) in [6.45, 7) is 16.9. The van der Waals surface area contributed by atoms with E-state index in [1.165, 1.54) is 38.6 Å². The van der Waals surface area contributed by atoms with Crippen molar-refractivity contribution in [1.82, 2.24) is 10.2 Å². The molecule has 0 amide bonds. The molecule has 1 saturated heterocycles. The molecule has 0 aromatic rings. The summed E-state index contributed by atoms with van der Waals surface area (Å²) < 4.78 is 0. The average molecular weight is 280 g/mol. The van der Waals surface area contributed by atoms with E-state index in [4.69, 9.17) is 0 Å². The zero-order valence-electron chi connectivity index (χ0n) is 14.6. The van der Waals surface area contributed by atoms with Crippen molar-refractivity contribution in [3.05, 3.63) is 0 Å². The van der Waals surface area contributed by atoms with Gasteiger partial charge in [-0.25, -0.2) is 0 Å². The van der Waals surface area contributed by atoms with Crippen molar-refractivity contribution in [3.63, 3.8) is 0 Å². The van der Waals surface area contributed by atoms with Gasteiger partial charge in [-0.3, -0.25) is 4.90 Å². The summed E-state index contributed by atoms with van der Waals surface area (Å²) in [6, 6.07) is 2.28. The molecular weight excluding hydrogens is 244 g/mol. The Labute approximate surface area is 126 Å². The molecule has 20 heavy (non-hydrogen) atoms. The van der Waals surface area contributed by atoms with Crippen molar-refractivity contribution in [1.29, 1.82) is 0 Å². The molecule has 2 nitrogen and oxygen atoms in total. The quantitative estimate of drug-likeness (QED) is 0.839. The van der Waals surface area contributed by atoms with E-state index in [1.54, 1.807) is 0 Å². The normalized spacial score (nSPS) is 35.1. The maximum atomic E-state index is 3.64. The molecule has 0 radical (unpaired) electrons. The first-order chi connectivity index (χ1) is 9.22. The van der Waals surface area contributed by atoms with Crippen molar-refractivity contribution in [2.45, 2.75) is 91.8 Å². The molecule has 2 unspecified atom stereocenters. The molecule has 1 saturated carbocycles. The maximum Gasteiger partial charge on any atom is 0.0108 e. The van der Waals surface area contributed by atoms with Crippen molar-refractivity contribution in [3.8, 4) is 0 Å². The minimum Gasteiger partial charge on any atom is -0.314 e. The van der Waals surface area contributed by atoms with Crippen molar-refractivity contribution >= 4 is 0 Å². The Hall–Kier alpha value is -0.0800. The van der Waals surface area contributed by atoms with Crippen LogP contribution in [0.1, 0.15) is 73.6 Å². The van der Waals surface area contributed by atoms with Crippen LogP contribution in [-0.2, 0) is 0 Å². The lowest BCUT2D eigenvalue weighted by Gasteiger charge is -2.52. The van der Waals surface area contributed by atoms with E-state index in [0.29, 0.717) is 10.8 Å². The molecule has 2 heteroatoms. The number of likely N-dealkylation sites (tertiary alicyclic amines) is 1. The Balaban J connectivity index is 2.01. The molecule has 0 spiro atoms. The van der Waals surface area contributed by atoms with Gasteiger partial charge in [0, 0.05) is 24.7 Å². The van der Waals surface area contributed by atoms with E-state index >= 15 is 0 Å². The number of nitrogens with zero attached hydrogens (tertiary/aromatic N) is 1. The van der Waals surface area contributed by atoms with E-state index in [0.717, 1.165) is 24.7 Å². The fraction of sp³-hybridized carbons (Fsp3) is 1.00. The van der Waals surface area contributed by atoms with Crippen LogP contribution in [0.5, 0.6) is 0 Å². The highest BCUT2D eigenvalue weighted by Gasteiger charge is 2.42. The van der Waals surface area contributed by atoms with Crippen LogP contribution in [0.3, 0.4) is 0 Å². The summed E-state index contributed by atoms with van der Waals surface area (Å²) in [7, 11) is 0. The fourth-order valence-corrected chi connectivity index (χ4v) is 5.23. The Morgan fingerprint density at radius 3 is 2.20 bits per heavy atom. The van der Waals surface area contributed by atoms with Crippen LogP contribution in [-0.4, -0.2) is 36.1 Å². The van der Waals surface area contributed by atoms with Crippen molar-refractivity contribution in [2.24, 2.45) is 10.8 Å². The van der Waals surface area contributed by atoms with Gasteiger partial charge < -0.3 is 5.32 Å². The largest absolute Gasteiger partial charge is 0.314 e. The minimum absolute atomic E-state index is 0.505. The van der Waals surface area contributed by atoms with Crippen LogP contribution in [0.2, 0.25) is 0 Å². The highest BCUT2D eigenvalue weighted by molar-refractivity contribution is 4.96. The van der Waals surface area contributed by atoms with Crippen LogP contribution in [0.4, 0.5) is 0 Å². The summed E-state index contributed by atoms with van der Waals surface area (Å²) in [5.74, 6) is 0. The molecule has 2 aliphatic rings. The molecule has 2 fully saturated rings. The van der Waals surface area contributed by atoms with Gasteiger partial charge in [0.25, 0.3) is 0 Å². The fourth-order valence-electron chi connectivity index (χ4n) is 5.23. The van der Waals surface area contributed by atoms with E-state index in [2.05, 4.69) is 51.8 Å². The molecule has 0 aromatic heterocycles. The second kappa shape index (κ2) is 5.96. The van der Waals surface area contributed by atoms with E-state index in [-0.39, 0.29) is 0 Å². The minimum atomic E-state index is 0.505. The topological polar surface area (TPSA) is 15.3 Å². The highest BCUT2D eigenvalue weighted by atomic mass is 15.2.